The molecule has 18 heavy (non-hydrogen) atoms. The van der Waals surface area contributed by atoms with Gasteiger partial charge in [-0.2, -0.15) is 0 Å². The molecule has 1 aromatic heterocycles. The Morgan fingerprint density at radius 1 is 1.22 bits per heavy atom. The van der Waals surface area contributed by atoms with E-state index in [0.717, 1.165) is 0 Å². The average molecular weight is 250 g/mol. The summed E-state index contributed by atoms with van der Waals surface area (Å²) in [6.45, 7) is 5.33. The monoisotopic (exact) mass is 250 g/mol. The van der Waals surface area contributed by atoms with Crippen LogP contribution in [0.5, 0.6) is 0 Å². The van der Waals surface area contributed by atoms with Crippen LogP contribution in [0.25, 0.3) is 0 Å². The molecule has 0 bridgehead atoms. The second-order valence-corrected chi connectivity index (χ2v) is 4.34. The molecular weight excluding hydrogens is 232 g/mol. The Balaban J connectivity index is 2.59. The van der Waals surface area contributed by atoms with Crippen LogP contribution in [0.1, 0.15) is 31.3 Å². The Labute approximate surface area is 106 Å². The number of nitrogens with zero attached hydrogens (tertiary/aromatic N) is 1. The standard InChI is InChI=1S/C12H18N4O2/c1-7(2)15-11(17)8(3)16-12(18)10-5-4-9(13)6-14-10/h4-8H,13H2,1-3H3,(H,15,17)(H,16,18). The largest absolute Gasteiger partial charge is 0.397 e. The average Bonchev–Trinajstić information content (AvgIpc) is 2.28. The Hall–Kier alpha value is -2.11. The molecule has 1 rings (SSSR count). The van der Waals surface area contributed by atoms with Crippen molar-refractivity contribution in [3.05, 3.63) is 24.0 Å². The zero-order chi connectivity index (χ0) is 13.7. The minimum absolute atomic E-state index is 0.0338. The first-order valence-corrected chi connectivity index (χ1v) is 5.73. The van der Waals surface area contributed by atoms with E-state index in [1.165, 1.54) is 12.3 Å². The molecule has 0 saturated heterocycles. The second-order valence-electron chi connectivity index (χ2n) is 4.34. The molecule has 1 unspecified atom stereocenters. The molecule has 6 heteroatoms. The molecule has 0 aliphatic rings. The predicted molar refractivity (Wildman–Crippen MR) is 68.9 cm³/mol. The molecule has 1 heterocycles. The highest BCUT2D eigenvalue weighted by Gasteiger charge is 2.17. The maximum absolute atomic E-state index is 11.8. The lowest BCUT2D eigenvalue weighted by Crippen LogP contribution is -2.46. The van der Waals surface area contributed by atoms with E-state index in [9.17, 15) is 9.59 Å². The number of pyridine rings is 1. The van der Waals surface area contributed by atoms with Gasteiger partial charge in [-0.05, 0) is 32.9 Å². The van der Waals surface area contributed by atoms with E-state index in [1.807, 2.05) is 13.8 Å². The van der Waals surface area contributed by atoms with Gasteiger partial charge in [0.15, 0.2) is 0 Å². The first-order chi connectivity index (χ1) is 8.40. The molecule has 0 aromatic carbocycles. The molecule has 4 N–H and O–H groups in total. The highest BCUT2D eigenvalue weighted by molar-refractivity contribution is 5.96. The van der Waals surface area contributed by atoms with Crippen LogP contribution in [0.15, 0.2) is 18.3 Å². The van der Waals surface area contributed by atoms with Crippen molar-refractivity contribution in [3.8, 4) is 0 Å². The van der Waals surface area contributed by atoms with Gasteiger partial charge in [-0.15, -0.1) is 0 Å². The first-order valence-electron chi connectivity index (χ1n) is 5.73. The first kappa shape index (κ1) is 14.0. The van der Waals surface area contributed by atoms with Gasteiger partial charge in [-0.25, -0.2) is 4.98 Å². The number of aromatic nitrogens is 1. The van der Waals surface area contributed by atoms with Crippen LogP contribution in [0.2, 0.25) is 0 Å². The molecule has 2 amide bonds. The molecular formula is C12H18N4O2. The van der Waals surface area contributed by atoms with Gasteiger partial charge in [-0.1, -0.05) is 0 Å². The zero-order valence-corrected chi connectivity index (χ0v) is 10.7. The minimum atomic E-state index is -0.612. The maximum atomic E-state index is 11.8. The van der Waals surface area contributed by atoms with E-state index >= 15 is 0 Å². The molecule has 0 spiro atoms. The van der Waals surface area contributed by atoms with Crippen LogP contribution in [0, 0.1) is 0 Å². The summed E-state index contributed by atoms with van der Waals surface area (Å²) >= 11 is 0. The summed E-state index contributed by atoms with van der Waals surface area (Å²) in [6.07, 6.45) is 1.40. The molecule has 98 valence electrons. The van der Waals surface area contributed by atoms with Crippen LogP contribution in [0.3, 0.4) is 0 Å². The fraction of sp³-hybridized carbons (Fsp3) is 0.417. The molecule has 0 aliphatic carbocycles. The summed E-state index contributed by atoms with van der Waals surface area (Å²) in [5.41, 5.74) is 6.19. The summed E-state index contributed by atoms with van der Waals surface area (Å²) in [6, 6.07) is 2.52. The quantitative estimate of drug-likeness (QED) is 0.716. The fourth-order valence-corrected chi connectivity index (χ4v) is 1.29. The number of hydrogen-bond donors (Lipinski definition) is 3. The number of rotatable bonds is 4. The number of amides is 2. The zero-order valence-electron chi connectivity index (χ0n) is 10.7. The van der Waals surface area contributed by atoms with Gasteiger partial charge in [0.2, 0.25) is 5.91 Å². The van der Waals surface area contributed by atoms with Crippen molar-refractivity contribution in [2.75, 3.05) is 5.73 Å². The molecule has 0 fully saturated rings. The van der Waals surface area contributed by atoms with Gasteiger partial charge in [0.25, 0.3) is 5.91 Å². The minimum Gasteiger partial charge on any atom is -0.397 e. The number of nitrogens with one attached hydrogen (secondary N) is 2. The molecule has 0 radical (unpaired) electrons. The van der Waals surface area contributed by atoms with Crippen LogP contribution >= 0.6 is 0 Å². The van der Waals surface area contributed by atoms with E-state index in [-0.39, 0.29) is 17.6 Å². The van der Waals surface area contributed by atoms with Gasteiger partial charge in [0, 0.05) is 6.04 Å². The van der Waals surface area contributed by atoms with E-state index in [0.29, 0.717) is 5.69 Å². The smallest absolute Gasteiger partial charge is 0.270 e. The number of nitrogens with two attached hydrogens (primary N) is 1. The second kappa shape index (κ2) is 6.00. The normalized spacial score (nSPS) is 12.0. The third kappa shape index (κ3) is 4.04. The summed E-state index contributed by atoms with van der Waals surface area (Å²) in [5, 5.41) is 5.28. The van der Waals surface area contributed by atoms with Crippen molar-refractivity contribution in [2.45, 2.75) is 32.9 Å². The Morgan fingerprint density at radius 2 is 1.89 bits per heavy atom. The lowest BCUT2D eigenvalue weighted by molar-refractivity contribution is -0.123. The van der Waals surface area contributed by atoms with Gasteiger partial charge in [0.05, 0.1) is 11.9 Å². The van der Waals surface area contributed by atoms with Crippen LogP contribution in [-0.2, 0) is 4.79 Å². The summed E-state index contributed by atoms with van der Waals surface area (Å²) in [7, 11) is 0. The summed E-state index contributed by atoms with van der Waals surface area (Å²) in [5.74, 6) is -0.629. The van der Waals surface area contributed by atoms with Crippen molar-refractivity contribution in [1.82, 2.24) is 15.6 Å². The molecule has 1 aromatic rings. The van der Waals surface area contributed by atoms with Crippen molar-refractivity contribution < 1.29 is 9.59 Å². The lowest BCUT2D eigenvalue weighted by atomic mass is 10.2. The van der Waals surface area contributed by atoms with E-state index < -0.39 is 11.9 Å². The van der Waals surface area contributed by atoms with E-state index in [2.05, 4.69) is 15.6 Å². The van der Waals surface area contributed by atoms with Crippen molar-refractivity contribution in [1.29, 1.82) is 0 Å². The lowest BCUT2D eigenvalue weighted by Gasteiger charge is -2.15. The third-order valence-electron chi connectivity index (χ3n) is 2.19. The summed E-state index contributed by atoms with van der Waals surface area (Å²) < 4.78 is 0. The van der Waals surface area contributed by atoms with Crippen molar-refractivity contribution in [2.24, 2.45) is 0 Å². The van der Waals surface area contributed by atoms with E-state index in [1.54, 1.807) is 13.0 Å². The van der Waals surface area contributed by atoms with E-state index in [4.69, 9.17) is 5.73 Å². The predicted octanol–water partition coefficient (Wildman–Crippen LogP) is 0.307. The third-order valence-corrected chi connectivity index (χ3v) is 2.19. The highest BCUT2D eigenvalue weighted by Crippen LogP contribution is 2.01. The highest BCUT2D eigenvalue weighted by atomic mass is 16.2. The Bertz CT molecular complexity index is 428. The van der Waals surface area contributed by atoms with Gasteiger partial charge >= 0.3 is 0 Å². The maximum Gasteiger partial charge on any atom is 0.270 e. The van der Waals surface area contributed by atoms with Gasteiger partial charge < -0.3 is 16.4 Å². The van der Waals surface area contributed by atoms with Crippen LogP contribution in [0.4, 0.5) is 5.69 Å². The SMILES string of the molecule is CC(C)NC(=O)C(C)NC(=O)c1ccc(N)cn1. The number of carbonyl (C=O) groups is 2. The summed E-state index contributed by atoms with van der Waals surface area (Å²) in [4.78, 5) is 27.3. The molecule has 6 nitrogen and oxygen atoms in total. The van der Waals surface area contributed by atoms with Crippen molar-refractivity contribution >= 4 is 17.5 Å². The van der Waals surface area contributed by atoms with Crippen molar-refractivity contribution in [3.63, 3.8) is 0 Å². The Morgan fingerprint density at radius 3 is 2.39 bits per heavy atom. The number of hydrogen-bond acceptors (Lipinski definition) is 4. The topological polar surface area (TPSA) is 97.1 Å². The van der Waals surface area contributed by atoms with Gasteiger partial charge in [0.1, 0.15) is 11.7 Å². The Kier molecular flexibility index (Phi) is 4.65. The molecule has 0 aliphatic heterocycles. The van der Waals surface area contributed by atoms with Crippen LogP contribution < -0.4 is 16.4 Å². The van der Waals surface area contributed by atoms with Crippen LogP contribution in [-0.4, -0.2) is 28.9 Å². The number of carbonyl (C=O) groups excluding carboxylic acids is 2. The number of nitrogen functional groups attached to an aromatic ring is 1. The number of anilines is 1. The molecule has 1 atom stereocenters. The fourth-order valence-electron chi connectivity index (χ4n) is 1.29. The molecule has 0 saturated carbocycles. The van der Waals surface area contributed by atoms with Gasteiger partial charge in [-0.3, -0.25) is 9.59 Å².